The lowest BCUT2D eigenvalue weighted by Crippen LogP contribution is -2.01. The monoisotopic (exact) mass is 210 g/mol. The van der Waals surface area contributed by atoms with E-state index in [2.05, 4.69) is 0 Å². The minimum absolute atomic E-state index is 0.276. The van der Waals surface area contributed by atoms with Crippen molar-refractivity contribution in [3.05, 3.63) is 23.8 Å². The third-order valence-electron chi connectivity index (χ3n) is 2.26. The van der Waals surface area contributed by atoms with E-state index in [-0.39, 0.29) is 6.10 Å². The second-order valence-corrected chi connectivity index (χ2v) is 3.61. The summed E-state index contributed by atoms with van der Waals surface area (Å²) < 4.78 is 10.3. The highest BCUT2D eigenvalue weighted by atomic mass is 16.5. The van der Waals surface area contributed by atoms with Gasteiger partial charge in [0.15, 0.2) is 0 Å². The molecule has 0 fully saturated rings. The molecule has 1 aromatic rings. The van der Waals surface area contributed by atoms with Crippen molar-refractivity contribution in [2.24, 2.45) is 0 Å². The number of aliphatic hydroxyl groups excluding tert-OH is 1. The van der Waals surface area contributed by atoms with Crippen LogP contribution in [0, 0.1) is 0 Å². The summed E-state index contributed by atoms with van der Waals surface area (Å²) in [4.78, 5) is 0. The van der Waals surface area contributed by atoms with Gasteiger partial charge in [0, 0.05) is 6.07 Å². The predicted molar refractivity (Wildman–Crippen MR) is 59.5 cm³/mol. The summed E-state index contributed by atoms with van der Waals surface area (Å²) in [6.07, 6.45) is 1.30. The maximum atomic E-state index is 9.20. The van der Waals surface area contributed by atoms with Crippen LogP contribution in [-0.2, 0) is 6.42 Å². The van der Waals surface area contributed by atoms with Gasteiger partial charge in [0.25, 0.3) is 0 Å². The van der Waals surface area contributed by atoms with Crippen LogP contribution < -0.4 is 9.47 Å². The summed E-state index contributed by atoms with van der Waals surface area (Å²) in [5, 5.41) is 9.20. The number of methoxy groups -OCH3 is 2. The van der Waals surface area contributed by atoms with E-state index in [4.69, 9.17) is 9.47 Å². The zero-order chi connectivity index (χ0) is 11.3. The maximum Gasteiger partial charge on any atom is 0.122 e. The molecule has 1 atom stereocenters. The van der Waals surface area contributed by atoms with E-state index in [9.17, 15) is 5.11 Å². The van der Waals surface area contributed by atoms with Crippen LogP contribution in [0.2, 0.25) is 0 Å². The molecule has 0 unspecified atom stereocenters. The van der Waals surface area contributed by atoms with E-state index in [1.54, 1.807) is 21.1 Å². The minimum Gasteiger partial charge on any atom is -0.497 e. The Kier molecular flexibility index (Phi) is 4.43. The predicted octanol–water partition coefficient (Wildman–Crippen LogP) is 2.02. The van der Waals surface area contributed by atoms with Crippen LogP contribution in [0.4, 0.5) is 0 Å². The topological polar surface area (TPSA) is 38.7 Å². The van der Waals surface area contributed by atoms with Gasteiger partial charge in [-0.1, -0.05) is 0 Å². The van der Waals surface area contributed by atoms with Crippen molar-refractivity contribution in [2.45, 2.75) is 25.9 Å². The average molecular weight is 210 g/mol. The van der Waals surface area contributed by atoms with Crippen LogP contribution in [0.5, 0.6) is 11.5 Å². The van der Waals surface area contributed by atoms with Crippen molar-refractivity contribution in [3.63, 3.8) is 0 Å². The number of aliphatic hydroxyl groups is 1. The Labute approximate surface area is 90.6 Å². The number of rotatable bonds is 5. The van der Waals surface area contributed by atoms with Gasteiger partial charge in [-0.3, -0.25) is 0 Å². The van der Waals surface area contributed by atoms with Crippen molar-refractivity contribution in [1.29, 1.82) is 0 Å². The van der Waals surface area contributed by atoms with Crippen molar-refractivity contribution in [1.82, 2.24) is 0 Å². The van der Waals surface area contributed by atoms with Gasteiger partial charge < -0.3 is 14.6 Å². The molecule has 0 aliphatic rings. The smallest absolute Gasteiger partial charge is 0.122 e. The Morgan fingerprint density at radius 3 is 2.07 bits per heavy atom. The van der Waals surface area contributed by atoms with E-state index in [0.717, 1.165) is 29.9 Å². The van der Waals surface area contributed by atoms with Gasteiger partial charge in [-0.25, -0.2) is 0 Å². The second kappa shape index (κ2) is 5.61. The maximum absolute atomic E-state index is 9.20. The van der Waals surface area contributed by atoms with Gasteiger partial charge in [-0.05, 0) is 37.5 Å². The molecular weight excluding hydrogens is 192 g/mol. The Morgan fingerprint density at radius 1 is 1.13 bits per heavy atom. The van der Waals surface area contributed by atoms with E-state index in [1.807, 2.05) is 18.2 Å². The number of hydrogen-bond acceptors (Lipinski definition) is 3. The van der Waals surface area contributed by atoms with Crippen molar-refractivity contribution in [3.8, 4) is 11.5 Å². The first-order valence-electron chi connectivity index (χ1n) is 5.05. The van der Waals surface area contributed by atoms with Gasteiger partial charge >= 0.3 is 0 Å². The second-order valence-electron chi connectivity index (χ2n) is 3.61. The summed E-state index contributed by atoms with van der Waals surface area (Å²) in [6.45, 7) is 1.79. The molecule has 0 radical (unpaired) electrons. The third kappa shape index (κ3) is 3.80. The lowest BCUT2D eigenvalue weighted by molar-refractivity contribution is 0.185. The molecule has 0 saturated heterocycles. The molecular formula is C12H18O3. The summed E-state index contributed by atoms with van der Waals surface area (Å²) in [5.74, 6) is 1.57. The Bertz CT molecular complexity index is 285. The van der Waals surface area contributed by atoms with E-state index < -0.39 is 0 Å². The molecule has 0 amide bonds. The molecule has 0 aliphatic heterocycles. The fraction of sp³-hybridized carbons (Fsp3) is 0.500. The first kappa shape index (κ1) is 11.9. The first-order valence-corrected chi connectivity index (χ1v) is 5.05. The van der Waals surface area contributed by atoms with Crippen LogP contribution >= 0.6 is 0 Å². The first-order chi connectivity index (χ1) is 7.15. The lowest BCUT2D eigenvalue weighted by Gasteiger charge is -2.09. The van der Waals surface area contributed by atoms with Crippen molar-refractivity contribution < 1.29 is 14.6 Å². The summed E-state index contributed by atoms with van der Waals surface area (Å²) >= 11 is 0. The van der Waals surface area contributed by atoms with E-state index >= 15 is 0 Å². The van der Waals surface area contributed by atoms with E-state index in [1.165, 1.54) is 0 Å². The number of hydrogen-bond donors (Lipinski definition) is 1. The quantitative estimate of drug-likeness (QED) is 0.808. The molecule has 1 N–H and O–H groups in total. The Hall–Kier alpha value is -1.22. The van der Waals surface area contributed by atoms with E-state index in [0.29, 0.717) is 0 Å². The highest BCUT2D eigenvalue weighted by molar-refractivity contribution is 5.38. The molecule has 3 heteroatoms. The number of aryl methyl sites for hydroxylation is 1. The van der Waals surface area contributed by atoms with Crippen LogP contribution in [-0.4, -0.2) is 25.4 Å². The molecule has 0 heterocycles. The molecule has 1 rings (SSSR count). The Balaban J connectivity index is 2.77. The molecule has 84 valence electrons. The molecule has 0 saturated carbocycles. The van der Waals surface area contributed by atoms with Gasteiger partial charge in [-0.2, -0.15) is 0 Å². The summed E-state index contributed by atoms with van der Waals surface area (Å²) in [7, 11) is 3.26. The molecule has 3 nitrogen and oxygen atoms in total. The average Bonchev–Trinajstić information content (AvgIpc) is 2.25. The van der Waals surface area contributed by atoms with Gasteiger partial charge in [0.2, 0.25) is 0 Å². The molecule has 15 heavy (non-hydrogen) atoms. The lowest BCUT2D eigenvalue weighted by atomic mass is 10.1. The van der Waals surface area contributed by atoms with Crippen LogP contribution in [0.15, 0.2) is 18.2 Å². The van der Waals surface area contributed by atoms with Crippen molar-refractivity contribution >= 4 is 0 Å². The van der Waals surface area contributed by atoms with Gasteiger partial charge in [0.05, 0.1) is 20.3 Å². The third-order valence-corrected chi connectivity index (χ3v) is 2.26. The molecule has 0 spiro atoms. The fourth-order valence-corrected chi connectivity index (χ4v) is 1.39. The standard InChI is InChI=1S/C12H18O3/c1-9(13)4-5-10-6-11(14-2)8-12(7-10)15-3/h6-9,13H,4-5H2,1-3H3/t9-/m0/s1. The van der Waals surface area contributed by atoms with Gasteiger partial charge in [-0.15, -0.1) is 0 Å². The summed E-state index contributed by atoms with van der Waals surface area (Å²) in [6, 6.07) is 5.77. The van der Waals surface area contributed by atoms with Crippen LogP contribution in [0.3, 0.4) is 0 Å². The zero-order valence-electron chi connectivity index (χ0n) is 9.49. The molecule has 0 aliphatic carbocycles. The highest BCUT2D eigenvalue weighted by Crippen LogP contribution is 2.23. The fourth-order valence-electron chi connectivity index (χ4n) is 1.39. The molecule has 0 bridgehead atoms. The minimum atomic E-state index is -0.276. The van der Waals surface area contributed by atoms with Gasteiger partial charge in [0.1, 0.15) is 11.5 Å². The Morgan fingerprint density at radius 2 is 1.67 bits per heavy atom. The zero-order valence-corrected chi connectivity index (χ0v) is 9.49. The SMILES string of the molecule is COc1cc(CC[C@H](C)O)cc(OC)c1. The number of ether oxygens (including phenoxy) is 2. The van der Waals surface area contributed by atoms with Crippen LogP contribution in [0.1, 0.15) is 18.9 Å². The highest BCUT2D eigenvalue weighted by Gasteiger charge is 2.03. The molecule has 1 aromatic carbocycles. The molecule has 0 aromatic heterocycles. The summed E-state index contributed by atoms with van der Waals surface area (Å²) in [5.41, 5.74) is 1.12. The number of benzene rings is 1. The normalized spacial score (nSPS) is 12.3. The van der Waals surface area contributed by atoms with Crippen molar-refractivity contribution in [2.75, 3.05) is 14.2 Å². The largest absolute Gasteiger partial charge is 0.497 e. The van der Waals surface area contributed by atoms with Crippen LogP contribution in [0.25, 0.3) is 0 Å².